The Kier molecular flexibility index (Phi) is 4.28. The van der Waals surface area contributed by atoms with Crippen molar-refractivity contribution in [2.24, 2.45) is 0 Å². The zero-order valence-electron chi connectivity index (χ0n) is 14.1. The predicted molar refractivity (Wildman–Crippen MR) is 103 cm³/mol. The summed E-state index contributed by atoms with van der Waals surface area (Å²) < 4.78 is 5.71. The van der Waals surface area contributed by atoms with Crippen molar-refractivity contribution in [2.75, 3.05) is 6.54 Å². The summed E-state index contributed by atoms with van der Waals surface area (Å²) in [7, 11) is 0. The topological polar surface area (TPSA) is 33.5 Å². The van der Waals surface area contributed by atoms with Crippen molar-refractivity contribution in [1.82, 2.24) is 4.90 Å². The first-order valence-corrected chi connectivity index (χ1v) is 9.32. The third-order valence-corrected chi connectivity index (χ3v) is 5.40. The maximum Gasteiger partial charge on any atom is 0.227 e. The van der Waals surface area contributed by atoms with Crippen LogP contribution in [0.15, 0.2) is 64.6 Å². The molecule has 1 amide bonds. The zero-order chi connectivity index (χ0) is 17.2. The lowest BCUT2D eigenvalue weighted by Crippen LogP contribution is -2.31. The van der Waals surface area contributed by atoms with E-state index in [2.05, 4.69) is 24.3 Å². The molecule has 3 nitrogen and oxygen atoms in total. The van der Waals surface area contributed by atoms with E-state index in [1.807, 2.05) is 41.5 Å². The van der Waals surface area contributed by atoms with Gasteiger partial charge in [-0.15, -0.1) is 11.3 Å². The van der Waals surface area contributed by atoms with Crippen LogP contribution in [0.2, 0.25) is 0 Å². The smallest absolute Gasteiger partial charge is 0.227 e. The van der Waals surface area contributed by atoms with Gasteiger partial charge in [-0.25, -0.2) is 0 Å². The van der Waals surface area contributed by atoms with E-state index in [0.29, 0.717) is 19.5 Å². The molecule has 0 aliphatic rings. The van der Waals surface area contributed by atoms with E-state index in [-0.39, 0.29) is 5.91 Å². The number of hydrogen-bond donors (Lipinski definition) is 0. The third kappa shape index (κ3) is 3.05. The molecule has 0 bridgehead atoms. The molecule has 0 aliphatic heterocycles. The fourth-order valence-electron chi connectivity index (χ4n) is 3.25. The summed E-state index contributed by atoms with van der Waals surface area (Å²) in [5, 5.41) is 5.40. The van der Waals surface area contributed by atoms with Crippen LogP contribution >= 0.6 is 11.3 Å². The molecule has 0 spiro atoms. The minimum absolute atomic E-state index is 0.131. The molecular formula is C21H19NO2S. The SMILES string of the molecule is CCN(Cc1cccs1)C(=O)Cc1coc2ccc3ccccc3c12. The number of carbonyl (C=O) groups is 1. The molecule has 0 unspecified atom stereocenters. The Morgan fingerprint density at radius 2 is 2.00 bits per heavy atom. The quantitative estimate of drug-likeness (QED) is 0.494. The Labute approximate surface area is 150 Å². The number of nitrogens with zero attached hydrogens (tertiary/aromatic N) is 1. The number of furan rings is 1. The normalized spacial score (nSPS) is 11.2. The van der Waals surface area contributed by atoms with E-state index in [1.165, 1.54) is 4.88 Å². The highest BCUT2D eigenvalue weighted by Gasteiger charge is 2.17. The summed E-state index contributed by atoms with van der Waals surface area (Å²) in [6, 6.07) is 16.4. The summed E-state index contributed by atoms with van der Waals surface area (Å²) in [5.74, 6) is 0.131. The Morgan fingerprint density at radius 1 is 1.12 bits per heavy atom. The van der Waals surface area contributed by atoms with Gasteiger partial charge in [-0.2, -0.15) is 0 Å². The largest absolute Gasteiger partial charge is 0.464 e. The van der Waals surface area contributed by atoms with Gasteiger partial charge in [-0.1, -0.05) is 36.4 Å². The molecule has 4 aromatic rings. The summed E-state index contributed by atoms with van der Waals surface area (Å²) in [6.45, 7) is 3.39. The Morgan fingerprint density at radius 3 is 2.80 bits per heavy atom. The second-order valence-electron chi connectivity index (χ2n) is 6.08. The number of amides is 1. The maximum atomic E-state index is 12.8. The van der Waals surface area contributed by atoms with Crippen molar-refractivity contribution in [3.05, 3.63) is 70.6 Å². The summed E-state index contributed by atoms with van der Waals surface area (Å²) in [5.41, 5.74) is 1.80. The first-order valence-electron chi connectivity index (χ1n) is 8.44. The highest BCUT2D eigenvalue weighted by molar-refractivity contribution is 7.09. The molecule has 4 heteroatoms. The molecule has 0 radical (unpaired) electrons. The van der Waals surface area contributed by atoms with Crippen LogP contribution in [0.4, 0.5) is 0 Å². The molecule has 2 aromatic carbocycles. The van der Waals surface area contributed by atoms with Crippen LogP contribution in [0.1, 0.15) is 17.4 Å². The van der Waals surface area contributed by atoms with Gasteiger partial charge in [0, 0.05) is 22.4 Å². The molecule has 0 saturated carbocycles. The van der Waals surface area contributed by atoms with Crippen LogP contribution in [0, 0.1) is 0 Å². The van der Waals surface area contributed by atoms with Crippen molar-refractivity contribution in [3.8, 4) is 0 Å². The minimum Gasteiger partial charge on any atom is -0.464 e. The Hall–Kier alpha value is -2.59. The zero-order valence-corrected chi connectivity index (χ0v) is 14.9. The van der Waals surface area contributed by atoms with Crippen LogP contribution in [0.5, 0.6) is 0 Å². The van der Waals surface area contributed by atoms with Gasteiger partial charge in [0.05, 0.1) is 19.2 Å². The molecule has 126 valence electrons. The Bertz CT molecular complexity index is 1020. The maximum absolute atomic E-state index is 12.8. The van der Waals surface area contributed by atoms with Crippen molar-refractivity contribution in [2.45, 2.75) is 19.9 Å². The molecule has 2 heterocycles. The van der Waals surface area contributed by atoms with E-state index in [0.717, 1.165) is 27.3 Å². The average Bonchev–Trinajstić information content (AvgIpc) is 3.29. The van der Waals surface area contributed by atoms with Crippen LogP contribution in [0.25, 0.3) is 21.7 Å². The van der Waals surface area contributed by atoms with Gasteiger partial charge < -0.3 is 9.32 Å². The van der Waals surface area contributed by atoms with Crippen LogP contribution < -0.4 is 0 Å². The van der Waals surface area contributed by atoms with E-state index in [9.17, 15) is 4.79 Å². The van der Waals surface area contributed by atoms with Crippen LogP contribution in [0.3, 0.4) is 0 Å². The summed E-state index contributed by atoms with van der Waals surface area (Å²) in [4.78, 5) is 15.9. The van der Waals surface area contributed by atoms with Crippen LogP contribution in [-0.4, -0.2) is 17.4 Å². The predicted octanol–water partition coefficient (Wildman–Crippen LogP) is 5.24. The highest BCUT2D eigenvalue weighted by atomic mass is 32.1. The number of thiophene rings is 1. The summed E-state index contributed by atoms with van der Waals surface area (Å²) >= 11 is 1.68. The first kappa shape index (κ1) is 15.9. The average molecular weight is 349 g/mol. The van der Waals surface area contributed by atoms with Crippen molar-refractivity contribution >= 4 is 39.0 Å². The van der Waals surface area contributed by atoms with Gasteiger partial charge in [0.1, 0.15) is 5.58 Å². The van der Waals surface area contributed by atoms with Crippen molar-refractivity contribution < 1.29 is 9.21 Å². The minimum atomic E-state index is 0.131. The molecular weight excluding hydrogens is 330 g/mol. The molecule has 0 N–H and O–H groups in total. The van der Waals surface area contributed by atoms with Gasteiger partial charge >= 0.3 is 0 Å². The Balaban J connectivity index is 1.65. The number of rotatable bonds is 5. The second kappa shape index (κ2) is 6.73. The number of fused-ring (bicyclic) bond motifs is 3. The summed E-state index contributed by atoms with van der Waals surface area (Å²) in [6.07, 6.45) is 2.09. The first-order chi connectivity index (χ1) is 12.3. The molecule has 4 rings (SSSR count). The molecule has 0 aliphatic carbocycles. The molecule has 25 heavy (non-hydrogen) atoms. The number of likely N-dealkylation sites (N-methyl/N-ethyl adjacent to an activating group) is 1. The van der Waals surface area contributed by atoms with Gasteiger partial charge in [0.15, 0.2) is 0 Å². The monoisotopic (exact) mass is 349 g/mol. The third-order valence-electron chi connectivity index (χ3n) is 4.54. The van der Waals surface area contributed by atoms with Gasteiger partial charge in [0.25, 0.3) is 0 Å². The van der Waals surface area contributed by atoms with E-state index < -0.39 is 0 Å². The number of carbonyl (C=O) groups excluding carboxylic acids is 1. The fourth-order valence-corrected chi connectivity index (χ4v) is 3.97. The number of benzene rings is 2. The second-order valence-corrected chi connectivity index (χ2v) is 7.12. The van der Waals surface area contributed by atoms with Crippen molar-refractivity contribution in [3.63, 3.8) is 0 Å². The van der Waals surface area contributed by atoms with E-state index in [4.69, 9.17) is 4.42 Å². The van der Waals surface area contributed by atoms with E-state index >= 15 is 0 Å². The molecule has 0 saturated heterocycles. The molecule has 0 atom stereocenters. The lowest BCUT2D eigenvalue weighted by molar-refractivity contribution is -0.130. The van der Waals surface area contributed by atoms with Gasteiger partial charge in [0.2, 0.25) is 5.91 Å². The van der Waals surface area contributed by atoms with E-state index in [1.54, 1.807) is 17.6 Å². The lowest BCUT2D eigenvalue weighted by Gasteiger charge is -2.20. The standard InChI is InChI=1S/C21H19NO2S/c1-2-22(13-17-7-5-11-25-17)20(23)12-16-14-24-19-10-9-15-6-3-4-8-18(15)21(16)19/h3-11,14H,2,12-13H2,1H3. The molecule has 2 aromatic heterocycles. The lowest BCUT2D eigenvalue weighted by atomic mass is 10.0. The van der Waals surface area contributed by atoms with Gasteiger partial charge in [-0.3, -0.25) is 4.79 Å². The molecule has 0 fully saturated rings. The highest BCUT2D eigenvalue weighted by Crippen LogP contribution is 2.30. The number of hydrogen-bond acceptors (Lipinski definition) is 3. The fraction of sp³-hybridized carbons (Fsp3) is 0.190. The van der Waals surface area contributed by atoms with Crippen LogP contribution in [-0.2, 0) is 17.8 Å². The van der Waals surface area contributed by atoms with Gasteiger partial charge in [-0.05, 0) is 35.2 Å². The van der Waals surface area contributed by atoms with Crippen molar-refractivity contribution in [1.29, 1.82) is 0 Å².